The number of carbonyl (C=O) groups is 1. The smallest absolute Gasteiger partial charge is 0.368 e. The van der Waals surface area contributed by atoms with Gasteiger partial charge in [0.1, 0.15) is 0 Å². The monoisotopic (exact) mass is 485 g/mol. The fourth-order valence-electron chi connectivity index (χ4n) is 4.94. The molecule has 3 aromatic rings. The van der Waals surface area contributed by atoms with Crippen molar-refractivity contribution in [3.63, 3.8) is 0 Å². The lowest BCUT2D eigenvalue weighted by Gasteiger charge is -2.49. The summed E-state index contributed by atoms with van der Waals surface area (Å²) in [6, 6.07) is 20.4. The van der Waals surface area contributed by atoms with Crippen LogP contribution >= 0.6 is 11.6 Å². The molecule has 0 spiro atoms. The van der Waals surface area contributed by atoms with Crippen LogP contribution in [0.5, 0.6) is 0 Å². The largest absolute Gasteiger partial charge is 0.416 e. The van der Waals surface area contributed by atoms with Gasteiger partial charge in [-0.2, -0.15) is 13.2 Å². The van der Waals surface area contributed by atoms with Gasteiger partial charge in [-0.3, -0.25) is 4.79 Å². The van der Waals surface area contributed by atoms with E-state index in [9.17, 15) is 18.0 Å². The third-order valence-electron chi connectivity index (χ3n) is 6.61. The number of alkyl halides is 3. The first-order valence-electron chi connectivity index (χ1n) is 11.1. The molecule has 0 aliphatic carbocycles. The van der Waals surface area contributed by atoms with Gasteiger partial charge >= 0.3 is 6.18 Å². The van der Waals surface area contributed by atoms with Gasteiger partial charge in [-0.25, -0.2) is 0 Å². The maximum Gasteiger partial charge on any atom is 0.416 e. The van der Waals surface area contributed by atoms with E-state index in [1.165, 1.54) is 6.07 Å². The number of hydrogen-bond acceptors (Lipinski definition) is 3. The van der Waals surface area contributed by atoms with Crippen molar-refractivity contribution in [1.29, 1.82) is 0 Å². The molecule has 0 unspecified atom stereocenters. The lowest BCUT2D eigenvalue weighted by molar-refractivity contribution is -0.137. The number of piperazine rings is 1. The van der Waals surface area contributed by atoms with Gasteiger partial charge in [0.05, 0.1) is 17.5 Å². The zero-order valence-corrected chi connectivity index (χ0v) is 19.0. The Balaban J connectivity index is 1.48. The molecular weight excluding hydrogens is 463 g/mol. The van der Waals surface area contributed by atoms with Crippen LogP contribution in [-0.4, -0.2) is 31.6 Å². The maximum atomic E-state index is 13.4. The highest BCUT2D eigenvalue weighted by atomic mass is 35.5. The molecule has 3 aromatic carbocycles. The van der Waals surface area contributed by atoms with Gasteiger partial charge in [0.25, 0.3) is 0 Å². The van der Waals surface area contributed by atoms with Crippen molar-refractivity contribution < 1.29 is 18.0 Å². The minimum Gasteiger partial charge on any atom is -0.368 e. The molecule has 0 bridgehead atoms. The minimum atomic E-state index is -4.43. The molecule has 8 heteroatoms. The van der Waals surface area contributed by atoms with Gasteiger partial charge in [0.2, 0.25) is 5.91 Å². The Kier molecular flexibility index (Phi) is 5.90. The van der Waals surface area contributed by atoms with Crippen molar-refractivity contribution in [1.82, 2.24) is 0 Å². The van der Waals surface area contributed by atoms with Gasteiger partial charge in [0.15, 0.2) is 0 Å². The summed E-state index contributed by atoms with van der Waals surface area (Å²) in [7, 11) is 0. The van der Waals surface area contributed by atoms with Gasteiger partial charge in [-0.05, 0) is 66.6 Å². The maximum absolute atomic E-state index is 13.4. The van der Waals surface area contributed by atoms with E-state index in [1.54, 1.807) is 18.2 Å². The SMILES string of the molecule is O=C(Nc1ccccc1)[C@@H]1Cc2cc(C(F)(F)F)ccc2N2CCN(c3ccc(Cl)cc3)C[C@@H]12. The highest BCUT2D eigenvalue weighted by molar-refractivity contribution is 6.30. The fraction of sp³-hybridized carbons (Fsp3) is 0.269. The third-order valence-corrected chi connectivity index (χ3v) is 6.86. The number of amides is 1. The number of fused-ring (bicyclic) bond motifs is 3. The number of nitrogens with one attached hydrogen (secondary N) is 1. The van der Waals surface area contributed by atoms with Crippen LogP contribution < -0.4 is 15.1 Å². The molecule has 2 atom stereocenters. The highest BCUT2D eigenvalue weighted by Crippen LogP contribution is 2.40. The van der Waals surface area contributed by atoms with Crippen molar-refractivity contribution >= 4 is 34.6 Å². The van der Waals surface area contributed by atoms with Gasteiger partial charge in [-0.15, -0.1) is 0 Å². The lowest BCUT2D eigenvalue weighted by Crippen LogP contribution is -2.60. The molecule has 1 amide bonds. The van der Waals surface area contributed by atoms with Crippen LogP contribution in [0.25, 0.3) is 0 Å². The first-order chi connectivity index (χ1) is 16.3. The predicted molar refractivity (Wildman–Crippen MR) is 129 cm³/mol. The van der Waals surface area contributed by atoms with Crippen molar-refractivity contribution in [2.24, 2.45) is 5.92 Å². The van der Waals surface area contributed by atoms with Gasteiger partial charge in [-0.1, -0.05) is 29.8 Å². The zero-order valence-electron chi connectivity index (χ0n) is 18.2. The Hall–Kier alpha value is -3.19. The molecule has 0 saturated carbocycles. The molecule has 0 aromatic heterocycles. The van der Waals surface area contributed by atoms with Gasteiger partial charge < -0.3 is 15.1 Å². The average Bonchev–Trinajstić information content (AvgIpc) is 2.83. The molecule has 34 heavy (non-hydrogen) atoms. The van der Waals surface area contributed by atoms with E-state index in [4.69, 9.17) is 11.6 Å². The first-order valence-corrected chi connectivity index (χ1v) is 11.5. The molecule has 4 nitrogen and oxygen atoms in total. The number of halogens is 4. The summed E-state index contributed by atoms with van der Waals surface area (Å²) in [5, 5.41) is 3.61. The minimum absolute atomic E-state index is 0.183. The quantitative estimate of drug-likeness (QED) is 0.504. The molecule has 1 fully saturated rings. The molecule has 2 aliphatic rings. The van der Waals surface area contributed by atoms with Crippen LogP contribution in [0.1, 0.15) is 11.1 Å². The number of benzene rings is 3. The van der Waals surface area contributed by atoms with E-state index in [0.717, 1.165) is 17.4 Å². The summed E-state index contributed by atoms with van der Waals surface area (Å²) in [5.41, 5.74) is 2.31. The molecular formula is C26H23ClF3N3O. The van der Waals surface area contributed by atoms with E-state index < -0.39 is 17.7 Å². The molecule has 2 aliphatic heterocycles. The third kappa shape index (κ3) is 4.44. The highest BCUT2D eigenvalue weighted by Gasteiger charge is 2.42. The van der Waals surface area contributed by atoms with Crippen LogP contribution in [0.15, 0.2) is 72.8 Å². The fourth-order valence-corrected chi connectivity index (χ4v) is 5.07. The van der Waals surface area contributed by atoms with Gasteiger partial charge in [0, 0.05) is 41.7 Å². The second kappa shape index (κ2) is 8.87. The standard InChI is InChI=1S/C26H23ClF3N3O/c27-19-7-9-21(10-8-19)32-12-13-33-23-11-6-18(26(28,29)30)14-17(23)15-22(24(33)16-32)25(34)31-20-4-2-1-3-5-20/h1-11,14,22,24H,12-13,15-16H2,(H,31,34)/t22-,24+/m1/s1. The normalized spacial score (nSPS) is 19.9. The van der Waals surface area contributed by atoms with Crippen molar-refractivity contribution in [3.05, 3.63) is 88.9 Å². The zero-order chi connectivity index (χ0) is 23.9. The summed E-state index contributed by atoms with van der Waals surface area (Å²) in [5.74, 6) is -0.700. The summed E-state index contributed by atoms with van der Waals surface area (Å²) < 4.78 is 40.2. The molecule has 1 saturated heterocycles. The number of carbonyl (C=O) groups excluding carboxylic acids is 1. The Morgan fingerprint density at radius 1 is 0.971 bits per heavy atom. The number of rotatable bonds is 3. The van der Waals surface area contributed by atoms with E-state index in [1.807, 2.05) is 42.5 Å². The number of anilines is 3. The molecule has 176 valence electrons. The van der Waals surface area contributed by atoms with Crippen LogP contribution in [0.4, 0.5) is 30.2 Å². The molecule has 2 heterocycles. The molecule has 0 radical (unpaired) electrons. The van der Waals surface area contributed by atoms with Crippen molar-refractivity contribution in [3.8, 4) is 0 Å². The Bertz CT molecular complexity index is 1180. The second-order valence-electron chi connectivity index (χ2n) is 8.69. The van der Waals surface area contributed by atoms with E-state index >= 15 is 0 Å². The van der Waals surface area contributed by atoms with Crippen LogP contribution in [-0.2, 0) is 17.4 Å². The summed E-state index contributed by atoms with van der Waals surface area (Å²) in [4.78, 5) is 17.7. The first kappa shape index (κ1) is 22.6. The number of nitrogens with zero attached hydrogens (tertiary/aromatic N) is 2. The van der Waals surface area contributed by atoms with Crippen molar-refractivity contribution in [2.75, 3.05) is 34.8 Å². The second-order valence-corrected chi connectivity index (χ2v) is 9.13. The Morgan fingerprint density at radius 3 is 2.41 bits per heavy atom. The summed E-state index contributed by atoms with van der Waals surface area (Å²) in [6.07, 6.45) is -4.19. The lowest BCUT2D eigenvalue weighted by atomic mass is 9.82. The average molecular weight is 486 g/mol. The van der Waals surface area contributed by atoms with Crippen LogP contribution in [0.2, 0.25) is 5.02 Å². The van der Waals surface area contributed by atoms with Crippen LogP contribution in [0.3, 0.4) is 0 Å². The Morgan fingerprint density at radius 2 is 1.71 bits per heavy atom. The van der Waals surface area contributed by atoms with E-state index in [2.05, 4.69) is 15.1 Å². The number of hydrogen-bond donors (Lipinski definition) is 1. The van der Waals surface area contributed by atoms with Crippen molar-refractivity contribution in [2.45, 2.75) is 18.6 Å². The molecule has 1 N–H and O–H groups in total. The van der Waals surface area contributed by atoms with E-state index in [0.29, 0.717) is 35.9 Å². The Labute approximate surface area is 200 Å². The summed E-state index contributed by atoms with van der Waals surface area (Å²) in [6.45, 7) is 1.86. The molecule has 5 rings (SSSR count). The topological polar surface area (TPSA) is 35.6 Å². The predicted octanol–water partition coefficient (Wildman–Crippen LogP) is 5.87. The van der Waals surface area contributed by atoms with E-state index in [-0.39, 0.29) is 18.4 Å². The number of para-hydroxylation sites is 1. The van der Waals surface area contributed by atoms with Crippen LogP contribution in [0, 0.1) is 5.92 Å². The summed E-state index contributed by atoms with van der Waals surface area (Å²) >= 11 is 6.04.